The minimum atomic E-state index is -0.416. The summed E-state index contributed by atoms with van der Waals surface area (Å²) in [7, 11) is 0. The molecule has 6 heteroatoms. The second kappa shape index (κ2) is 6.16. The number of H-pyrrole nitrogens is 1. The molecule has 0 fully saturated rings. The third kappa shape index (κ3) is 2.65. The Labute approximate surface area is 155 Å². The normalized spacial score (nSPS) is 14.0. The summed E-state index contributed by atoms with van der Waals surface area (Å²) in [5.41, 5.74) is 4.82. The SMILES string of the molecule is O=C(CCn1c(=O)oc2ccccc21)N1CCc2c([nH]c3ccccc23)C1. The minimum Gasteiger partial charge on any atom is -0.408 e. The van der Waals surface area contributed by atoms with E-state index < -0.39 is 5.76 Å². The molecule has 5 rings (SSSR count). The zero-order valence-corrected chi connectivity index (χ0v) is 14.8. The van der Waals surface area contributed by atoms with Gasteiger partial charge in [-0.1, -0.05) is 30.3 Å². The Balaban J connectivity index is 1.33. The Morgan fingerprint density at radius 2 is 1.93 bits per heavy atom. The lowest BCUT2D eigenvalue weighted by Crippen LogP contribution is -2.36. The number of nitrogens with one attached hydrogen (secondary N) is 1. The summed E-state index contributed by atoms with van der Waals surface area (Å²) in [6.07, 6.45) is 1.12. The number of amides is 1. The van der Waals surface area contributed by atoms with Crippen LogP contribution in [0, 0.1) is 0 Å². The van der Waals surface area contributed by atoms with Crippen molar-refractivity contribution < 1.29 is 9.21 Å². The van der Waals surface area contributed by atoms with Gasteiger partial charge in [0.1, 0.15) is 0 Å². The lowest BCUT2D eigenvalue weighted by molar-refractivity contribution is -0.132. The van der Waals surface area contributed by atoms with Gasteiger partial charge in [0.25, 0.3) is 0 Å². The number of fused-ring (bicyclic) bond motifs is 4. The summed E-state index contributed by atoms with van der Waals surface area (Å²) in [5, 5.41) is 1.25. The molecule has 0 spiro atoms. The number of carbonyl (C=O) groups is 1. The smallest absolute Gasteiger partial charge is 0.408 e. The zero-order valence-electron chi connectivity index (χ0n) is 14.8. The maximum Gasteiger partial charge on any atom is 0.419 e. The average molecular weight is 361 g/mol. The molecule has 3 heterocycles. The second-order valence-electron chi connectivity index (χ2n) is 6.93. The molecule has 0 saturated heterocycles. The van der Waals surface area contributed by atoms with Crippen LogP contribution >= 0.6 is 0 Å². The van der Waals surface area contributed by atoms with Gasteiger partial charge in [0, 0.05) is 36.1 Å². The highest BCUT2D eigenvalue weighted by Gasteiger charge is 2.24. The largest absolute Gasteiger partial charge is 0.419 e. The van der Waals surface area contributed by atoms with E-state index in [1.165, 1.54) is 15.5 Å². The third-order valence-electron chi connectivity index (χ3n) is 5.36. The fourth-order valence-electron chi connectivity index (χ4n) is 4.00. The quantitative estimate of drug-likeness (QED) is 0.610. The molecule has 0 atom stereocenters. The number of carbonyl (C=O) groups excluding carboxylic acids is 1. The van der Waals surface area contributed by atoms with E-state index >= 15 is 0 Å². The average Bonchev–Trinajstić information content (AvgIpc) is 3.22. The standard InChI is InChI=1S/C21H19N3O3/c25-20(10-12-24-18-7-3-4-8-19(18)27-21(24)26)23-11-9-15-14-5-1-2-6-16(14)22-17(15)13-23/h1-8,22H,9-13H2. The zero-order chi connectivity index (χ0) is 18.4. The van der Waals surface area contributed by atoms with Crippen molar-refractivity contribution >= 4 is 27.9 Å². The van der Waals surface area contributed by atoms with Crippen LogP contribution in [0.5, 0.6) is 0 Å². The fourth-order valence-corrected chi connectivity index (χ4v) is 4.00. The van der Waals surface area contributed by atoms with Crippen LogP contribution in [-0.2, 0) is 24.3 Å². The van der Waals surface area contributed by atoms with Gasteiger partial charge in [0.15, 0.2) is 5.58 Å². The van der Waals surface area contributed by atoms with Crippen molar-refractivity contribution in [2.24, 2.45) is 0 Å². The molecule has 1 aliphatic rings. The van der Waals surface area contributed by atoms with E-state index in [0.29, 0.717) is 25.2 Å². The number of oxazole rings is 1. The first-order chi connectivity index (χ1) is 13.2. The topological polar surface area (TPSA) is 71.2 Å². The van der Waals surface area contributed by atoms with Gasteiger partial charge in [0.05, 0.1) is 12.1 Å². The Hall–Kier alpha value is -3.28. The summed E-state index contributed by atoms with van der Waals surface area (Å²) in [6.45, 7) is 1.61. The minimum absolute atomic E-state index is 0.0523. The van der Waals surface area contributed by atoms with Gasteiger partial charge in [0.2, 0.25) is 5.91 Å². The Morgan fingerprint density at radius 3 is 2.85 bits per heavy atom. The van der Waals surface area contributed by atoms with Crippen LogP contribution in [0.3, 0.4) is 0 Å². The molecule has 0 aliphatic carbocycles. The second-order valence-corrected chi connectivity index (χ2v) is 6.93. The molecular formula is C21H19N3O3. The van der Waals surface area contributed by atoms with E-state index in [1.54, 1.807) is 6.07 Å². The van der Waals surface area contributed by atoms with Crippen molar-refractivity contribution in [2.45, 2.75) is 25.9 Å². The molecule has 2 aromatic carbocycles. The third-order valence-corrected chi connectivity index (χ3v) is 5.36. The van der Waals surface area contributed by atoms with Crippen LogP contribution in [0.1, 0.15) is 17.7 Å². The number of aromatic amines is 1. The van der Waals surface area contributed by atoms with Gasteiger partial charge in [-0.05, 0) is 30.2 Å². The number of hydrogen-bond acceptors (Lipinski definition) is 3. The predicted octanol–water partition coefficient (Wildman–Crippen LogP) is 3.05. The summed E-state index contributed by atoms with van der Waals surface area (Å²) >= 11 is 0. The van der Waals surface area contributed by atoms with Crippen LogP contribution in [0.2, 0.25) is 0 Å². The summed E-state index contributed by atoms with van der Waals surface area (Å²) in [4.78, 5) is 30.1. The van der Waals surface area contributed by atoms with Gasteiger partial charge >= 0.3 is 5.76 Å². The number of aromatic nitrogens is 2. The van der Waals surface area contributed by atoms with Crippen molar-refractivity contribution in [1.82, 2.24) is 14.5 Å². The first-order valence-corrected chi connectivity index (χ1v) is 9.15. The molecule has 136 valence electrons. The number of nitrogens with zero attached hydrogens (tertiary/aromatic N) is 2. The van der Waals surface area contributed by atoms with E-state index in [4.69, 9.17) is 4.42 Å². The van der Waals surface area contributed by atoms with Crippen LogP contribution in [-0.4, -0.2) is 26.9 Å². The van der Waals surface area contributed by atoms with Crippen molar-refractivity contribution in [3.05, 3.63) is 70.3 Å². The Bertz CT molecular complexity index is 1210. The van der Waals surface area contributed by atoms with Gasteiger partial charge in [-0.2, -0.15) is 0 Å². The molecule has 2 aromatic heterocycles. The molecule has 0 bridgehead atoms. The first-order valence-electron chi connectivity index (χ1n) is 9.15. The van der Waals surface area contributed by atoms with Gasteiger partial charge in [-0.3, -0.25) is 9.36 Å². The summed E-state index contributed by atoms with van der Waals surface area (Å²) < 4.78 is 6.77. The van der Waals surface area contributed by atoms with E-state index in [2.05, 4.69) is 17.1 Å². The number of rotatable bonds is 3. The highest BCUT2D eigenvalue weighted by molar-refractivity contribution is 5.85. The lowest BCUT2D eigenvalue weighted by atomic mass is 10.0. The molecule has 0 saturated carbocycles. The number of benzene rings is 2. The van der Waals surface area contributed by atoms with Crippen molar-refractivity contribution in [3.63, 3.8) is 0 Å². The number of hydrogen-bond donors (Lipinski definition) is 1. The fraction of sp³-hybridized carbons (Fsp3) is 0.238. The summed E-state index contributed by atoms with van der Waals surface area (Å²) in [5.74, 6) is -0.364. The van der Waals surface area contributed by atoms with E-state index in [9.17, 15) is 9.59 Å². The van der Waals surface area contributed by atoms with Crippen molar-refractivity contribution in [1.29, 1.82) is 0 Å². The molecule has 4 aromatic rings. The first kappa shape index (κ1) is 15.9. The lowest BCUT2D eigenvalue weighted by Gasteiger charge is -2.27. The number of aryl methyl sites for hydroxylation is 1. The van der Waals surface area contributed by atoms with Crippen LogP contribution in [0.25, 0.3) is 22.0 Å². The van der Waals surface area contributed by atoms with E-state index in [0.717, 1.165) is 23.1 Å². The number of para-hydroxylation sites is 3. The maximum absolute atomic E-state index is 12.7. The Kier molecular flexibility index (Phi) is 3.63. The van der Waals surface area contributed by atoms with E-state index in [1.807, 2.05) is 35.2 Å². The summed E-state index contributed by atoms with van der Waals surface area (Å²) in [6, 6.07) is 15.5. The Morgan fingerprint density at radius 1 is 1.11 bits per heavy atom. The highest BCUT2D eigenvalue weighted by Crippen LogP contribution is 2.27. The molecule has 6 nitrogen and oxygen atoms in total. The molecule has 1 amide bonds. The van der Waals surface area contributed by atoms with E-state index in [-0.39, 0.29) is 12.3 Å². The monoisotopic (exact) mass is 361 g/mol. The van der Waals surface area contributed by atoms with Gasteiger partial charge in [-0.15, -0.1) is 0 Å². The molecule has 1 aliphatic heterocycles. The maximum atomic E-state index is 12.7. The highest BCUT2D eigenvalue weighted by atomic mass is 16.4. The van der Waals surface area contributed by atoms with Crippen LogP contribution in [0.15, 0.2) is 57.7 Å². The van der Waals surface area contributed by atoms with Crippen LogP contribution in [0.4, 0.5) is 0 Å². The van der Waals surface area contributed by atoms with Crippen molar-refractivity contribution in [2.75, 3.05) is 6.54 Å². The molecule has 0 radical (unpaired) electrons. The molecular weight excluding hydrogens is 342 g/mol. The molecule has 27 heavy (non-hydrogen) atoms. The predicted molar refractivity (Wildman–Crippen MR) is 103 cm³/mol. The van der Waals surface area contributed by atoms with Crippen molar-refractivity contribution in [3.8, 4) is 0 Å². The molecule has 0 unspecified atom stereocenters. The van der Waals surface area contributed by atoms with Gasteiger partial charge < -0.3 is 14.3 Å². The molecule has 1 N–H and O–H groups in total. The van der Waals surface area contributed by atoms with Crippen LogP contribution < -0.4 is 5.76 Å². The van der Waals surface area contributed by atoms with Gasteiger partial charge in [-0.25, -0.2) is 4.79 Å².